The molecule has 2 heterocycles. The number of rotatable bonds is 1. The topological polar surface area (TPSA) is 34.4 Å². The average Bonchev–Trinajstić information content (AvgIpc) is 2.54. The number of furan rings is 1. The van der Waals surface area contributed by atoms with Gasteiger partial charge in [-0.25, -0.2) is 0 Å². The van der Waals surface area contributed by atoms with Crippen LogP contribution in [0, 0.1) is 6.92 Å². The Kier molecular flexibility index (Phi) is 2.15. The van der Waals surface area contributed by atoms with Crippen molar-refractivity contribution in [1.82, 2.24) is 5.32 Å². The summed E-state index contributed by atoms with van der Waals surface area (Å²) in [6, 6.07) is 4.22. The van der Waals surface area contributed by atoms with Crippen molar-refractivity contribution in [2.45, 2.75) is 13.0 Å². The lowest BCUT2D eigenvalue weighted by Crippen LogP contribution is -2.34. The van der Waals surface area contributed by atoms with Crippen LogP contribution in [-0.4, -0.2) is 19.8 Å². The van der Waals surface area contributed by atoms with E-state index < -0.39 is 0 Å². The summed E-state index contributed by atoms with van der Waals surface area (Å²) in [6.45, 7) is 4.38. The van der Waals surface area contributed by atoms with Crippen molar-refractivity contribution < 1.29 is 9.15 Å². The van der Waals surface area contributed by atoms with Gasteiger partial charge in [-0.05, 0) is 19.1 Å². The fraction of sp³-hybridized carbons (Fsp3) is 0.556. The third-order valence-electron chi connectivity index (χ3n) is 2.03. The van der Waals surface area contributed by atoms with Gasteiger partial charge >= 0.3 is 0 Å². The summed E-state index contributed by atoms with van der Waals surface area (Å²) in [5.41, 5.74) is 0. The molecular formula is C9H13NO2. The van der Waals surface area contributed by atoms with Gasteiger partial charge in [0.2, 0.25) is 0 Å². The van der Waals surface area contributed by atoms with E-state index in [-0.39, 0.29) is 6.04 Å². The number of hydrogen-bond donors (Lipinski definition) is 1. The quantitative estimate of drug-likeness (QED) is 0.683. The Morgan fingerprint density at radius 2 is 2.42 bits per heavy atom. The summed E-state index contributed by atoms with van der Waals surface area (Å²) in [5, 5.41) is 3.33. The van der Waals surface area contributed by atoms with Crippen molar-refractivity contribution in [3.8, 4) is 0 Å². The molecule has 0 saturated carbocycles. The van der Waals surface area contributed by atoms with Crippen LogP contribution in [-0.2, 0) is 4.74 Å². The molecule has 1 aliphatic rings. The first kappa shape index (κ1) is 7.83. The molecular weight excluding hydrogens is 154 g/mol. The van der Waals surface area contributed by atoms with Crippen molar-refractivity contribution in [2.75, 3.05) is 19.8 Å². The molecule has 0 aliphatic carbocycles. The summed E-state index contributed by atoms with van der Waals surface area (Å²) in [6.07, 6.45) is 0. The fourth-order valence-corrected chi connectivity index (χ4v) is 1.39. The van der Waals surface area contributed by atoms with Gasteiger partial charge in [-0.2, -0.15) is 0 Å². The van der Waals surface area contributed by atoms with E-state index in [0.717, 1.165) is 24.7 Å². The van der Waals surface area contributed by atoms with E-state index in [0.29, 0.717) is 6.61 Å². The van der Waals surface area contributed by atoms with Gasteiger partial charge in [0, 0.05) is 6.54 Å². The van der Waals surface area contributed by atoms with Crippen molar-refractivity contribution >= 4 is 0 Å². The van der Waals surface area contributed by atoms with Crippen LogP contribution >= 0.6 is 0 Å². The highest BCUT2D eigenvalue weighted by molar-refractivity contribution is 5.10. The van der Waals surface area contributed by atoms with E-state index in [9.17, 15) is 0 Å². The zero-order chi connectivity index (χ0) is 8.39. The zero-order valence-corrected chi connectivity index (χ0v) is 7.17. The number of morpholine rings is 1. The molecule has 0 aromatic carbocycles. The van der Waals surface area contributed by atoms with Crippen molar-refractivity contribution in [2.24, 2.45) is 0 Å². The zero-order valence-electron chi connectivity index (χ0n) is 7.17. The molecule has 3 nitrogen and oxygen atoms in total. The predicted molar refractivity (Wildman–Crippen MR) is 45.0 cm³/mol. The summed E-state index contributed by atoms with van der Waals surface area (Å²) >= 11 is 0. The van der Waals surface area contributed by atoms with Crippen LogP contribution in [0.1, 0.15) is 17.6 Å². The Labute approximate surface area is 71.7 Å². The van der Waals surface area contributed by atoms with Crippen molar-refractivity contribution in [3.05, 3.63) is 23.7 Å². The highest BCUT2D eigenvalue weighted by Gasteiger charge is 2.17. The average molecular weight is 167 g/mol. The van der Waals surface area contributed by atoms with E-state index in [2.05, 4.69) is 5.32 Å². The largest absolute Gasteiger partial charge is 0.465 e. The normalized spacial score (nSPS) is 24.2. The van der Waals surface area contributed by atoms with Gasteiger partial charge in [0.05, 0.1) is 19.3 Å². The maximum absolute atomic E-state index is 5.48. The highest BCUT2D eigenvalue weighted by atomic mass is 16.5. The number of ether oxygens (including phenoxy) is 1. The van der Waals surface area contributed by atoms with Gasteiger partial charge < -0.3 is 14.5 Å². The first-order chi connectivity index (χ1) is 5.86. The van der Waals surface area contributed by atoms with Gasteiger partial charge in [-0.3, -0.25) is 0 Å². The van der Waals surface area contributed by atoms with E-state index in [1.165, 1.54) is 0 Å². The monoisotopic (exact) mass is 167 g/mol. The Morgan fingerprint density at radius 3 is 3.00 bits per heavy atom. The van der Waals surface area contributed by atoms with Crippen LogP contribution in [0.3, 0.4) is 0 Å². The minimum absolute atomic E-state index is 0.243. The van der Waals surface area contributed by atoms with E-state index >= 15 is 0 Å². The molecule has 1 fully saturated rings. The molecule has 0 amide bonds. The van der Waals surface area contributed by atoms with Crippen LogP contribution in [0.5, 0.6) is 0 Å². The molecule has 1 saturated heterocycles. The fourth-order valence-electron chi connectivity index (χ4n) is 1.39. The third-order valence-corrected chi connectivity index (χ3v) is 2.03. The smallest absolute Gasteiger partial charge is 0.123 e. The number of nitrogens with one attached hydrogen (secondary N) is 1. The predicted octanol–water partition coefficient (Wildman–Crippen LogP) is 1.25. The molecule has 0 radical (unpaired) electrons. The summed E-state index contributed by atoms with van der Waals surface area (Å²) < 4.78 is 10.8. The van der Waals surface area contributed by atoms with E-state index in [1.54, 1.807) is 0 Å². The second-order valence-electron chi connectivity index (χ2n) is 3.03. The lowest BCUT2D eigenvalue weighted by atomic mass is 10.2. The SMILES string of the molecule is Cc1ccc([C@H]2COCCN2)o1. The van der Waals surface area contributed by atoms with Crippen LogP contribution in [0.15, 0.2) is 16.5 Å². The van der Waals surface area contributed by atoms with E-state index in [1.807, 2.05) is 19.1 Å². The van der Waals surface area contributed by atoms with Crippen molar-refractivity contribution in [1.29, 1.82) is 0 Å². The second kappa shape index (κ2) is 3.29. The second-order valence-corrected chi connectivity index (χ2v) is 3.03. The Hall–Kier alpha value is -0.800. The molecule has 1 aromatic rings. The summed E-state index contributed by atoms with van der Waals surface area (Å²) in [4.78, 5) is 0. The van der Waals surface area contributed by atoms with Gasteiger partial charge in [0.15, 0.2) is 0 Å². The van der Waals surface area contributed by atoms with Crippen LogP contribution in [0.25, 0.3) is 0 Å². The summed E-state index contributed by atoms with van der Waals surface area (Å²) in [5.74, 6) is 1.93. The van der Waals surface area contributed by atoms with Gasteiger partial charge in [-0.15, -0.1) is 0 Å². The highest BCUT2D eigenvalue weighted by Crippen LogP contribution is 2.17. The molecule has 12 heavy (non-hydrogen) atoms. The molecule has 0 bridgehead atoms. The van der Waals surface area contributed by atoms with Crippen LogP contribution < -0.4 is 5.32 Å². The lowest BCUT2D eigenvalue weighted by molar-refractivity contribution is 0.0696. The van der Waals surface area contributed by atoms with Crippen LogP contribution in [0.4, 0.5) is 0 Å². The Balaban J connectivity index is 2.08. The first-order valence-corrected chi connectivity index (χ1v) is 4.24. The third kappa shape index (κ3) is 1.52. The van der Waals surface area contributed by atoms with Gasteiger partial charge in [0.25, 0.3) is 0 Å². The maximum atomic E-state index is 5.48. The summed E-state index contributed by atoms with van der Waals surface area (Å²) in [7, 11) is 0. The number of aryl methyl sites for hydroxylation is 1. The maximum Gasteiger partial charge on any atom is 0.123 e. The van der Waals surface area contributed by atoms with Gasteiger partial charge in [-0.1, -0.05) is 0 Å². The van der Waals surface area contributed by atoms with Gasteiger partial charge in [0.1, 0.15) is 11.5 Å². The molecule has 1 aromatic heterocycles. The molecule has 2 rings (SSSR count). The minimum Gasteiger partial charge on any atom is -0.465 e. The molecule has 3 heteroatoms. The number of hydrogen-bond acceptors (Lipinski definition) is 3. The standard InChI is InChI=1S/C9H13NO2/c1-7-2-3-9(12-7)8-6-11-5-4-10-8/h2-3,8,10H,4-6H2,1H3/t8-/m1/s1. The van der Waals surface area contributed by atoms with Crippen molar-refractivity contribution in [3.63, 3.8) is 0 Å². The molecule has 1 aliphatic heterocycles. The lowest BCUT2D eigenvalue weighted by Gasteiger charge is -2.21. The molecule has 0 unspecified atom stereocenters. The first-order valence-electron chi connectivity index (χ1n) is 4.24. The molecule has 1 N–H and O–H groups in total. The molecule has 0 spiro atoms. The van der Waals surface area contributed by atoms with E-state index in [4.69, 9.17) is 9.15 Å². The Bertz CT molecular complexity index is 251. The Morgan fingerprint density at radius 1 is 1.50 bits per heavy atom. The molecule has 1 atom stereocenters. The molecule has 66 valence electrons. The minimum atomic E-state index is 0.243. The van der Waals surface area contributed by atoms with Crippen LogP contribution in [0.2, 0.25) is 0 Å².